The third-order valence-electron chi connectivity index (χ3n) is 3.50. The Morgan fingerprint density at radius 3 is 2.70 bits per heavy atom. The summed E-state index contributed by atoms with van der Waals surface area (Å²) >= 11 is 3.43. The van der Waals surface area contributed by atoms with Crippen LogP contribution < -0.4 is 4.74 Å². The van der Waals surface area contributed by atoms with Gasteiger partial charge in [0.2, 0.25) is 5.91 Å². The topological polar surface area (TPSA) is 32.8 Å². The van der Waals surface area contributed by atoms with Crippen LogP contribution in [0.5, 0.6) is 5.75 Å². The van der Waals surface area contributed by atoms with E-state index in [9.17, 15) is 4.79 Å². The zero-order valence-electron chi connectivity index (χ0n) is 11.8. The quantitative estimate of drug-likeness (QED) is 0.824. The molecule has 1 aromatic rings. The number of hydrogen-bond donors (Lipinski definition) is 0. The van der Waals surface area contributed by atoms with Crippen molar-refractivity contribution in [3.8, 4) is 5.75 Å². The molecule has 110 valence electrons. The molecule has 0 atom stereocenters. The third kappa shape index (κ3) is 4.49. The summed E-state index contributed by atoms with van der Waals surface area (Å²) in [6, 6.07) is 7.88. The highest BCUT2D eigenvalue weighted by molar-refractivity contribution is 9.10. The Labute approximate surface area is 128 Å². The molecule has 1 heterocycles. The summed E-state index contributed by atoms with van der Waals surface area (Å²) < 4.78 is 6.76. The smallest absolute Gasteiger partial charge is 0.222 e. The molecule has 4 nitrogen and oxygen atoms in total. The molecular formula is C15H21BrN2O2. The molecule has 1 aromatic carbocycles. The van der Waals surface area contributed by atoms with Crippen LogP contribution in [-0.4, -0.2) is 55.0 Å². The van der Waals surface area contributed by atoms with Gasteiger partial charge in [0.15, 0.2) is 0 Å². The highest BCUT2D eigenvalue weighted by atomic mass is 79.9. The molecule has 1 aliphatic rings. The molecule has 2 rings (SSSR count). The lowest BCUT2D eigenvalue weighted by atomic mass is 10.3. The molecule has 0 aliphatic carbocycles. The van der Waals surface area contributed by atoms with E-state index in [4.69, 9.17) is 4.74 Å². The fraction of sp³-hybridized carbons (Fsp3) is 0.533. The number of ether oxygens (including phenoxy) is 1. The second-order valence-electron chi connectivity index (χ2n) is 4.88. The molecule has 0 bridgehead atoms. The Balaban J connectivity index is 1.67. The number of carbonyl (C=O) groups is 1. The number of benzene rings is 1. The lowest BCUT2D eigenvalue weighted by molar-refractivity contribution is -0.132. The van der Waals surface area contributed by atoms with Crippen molar-refractivity contribution in [2.75, 3.05) is 39.3 Å². The predicted molar refractivity (Wildman–Crippen MR) is 82.9 cm³/mol. The number of amides is 1. The van der Waals surface area contributed by atoms with Crippen molar-refractivity contribution in [2.24, 2.45) is 0 Å². The van der Waals surface area contributed by atoms with Gasteiger partial charge in [0.05, 0.1) is 0 Å². The van der Waals surface area contributed by atoms with Crippen molar-refractivity contribution in [3.63, 3.8) is 0 Å². The van der Waals surface area contributed by atoms with E-state index in [1.807, 2.05) is 36.1 Å². The van der Waals surface area contributed by atoms with Crippen molar-refractivity contribution < 1.29 is 9.53 Å². The van der Waals surface area contributed by atoms with Gasteiger partial charge < -0.3 is 9.64 Å². The maximum Gasteiger partial charge on any atom is 0.222 e. The Morgan fingerprint density at radius 1 is 1.30 bits per heavy atom. The number of nitrogens with zero attached hydrogens (tertiary/aromatic N) is 2. The molecule has 0 N–H and O–H groups in total. The standard InChI is InChI=1S/C15H21BrN2O2/c1-2-15(19)18-8-6-17(7-9-18)10-11-20-14-5-3-4-13(16)12-14/h3-5,12H,2,6-11H2,1H3. The van der Waals surface area contributed by atoms with E-state index in [1.165, 1.54) is 0 Å². The molecule has 0 unspecified atom stereocenters. The van der Waals surface area contributed by atoms with Crippen molar-refractivity contribution >= 4 is 21.8 Å². The number of piperazine rings is 1. The Kier molecular flexibility index (Phi) is 5.86. The average molecular weight is 341 g/mol. The zero-order chi connectivity index (χ0) is 14.4. The van der Waals surface area contributed by atoms with Crippen molar-refractivity contribution in [2.45, 2.75) is 13.3 Å². The van der Waals surface area contributed by atoms with Gasteiger partial charge in [0, 0.05) is 43.6 Å². The minimum absolute atomic E-state index is 0.259. The minimum Gasteiger partial charge on any atom is -0.492 e. The fourth-order valence-electron chi connectivity index (χ4n) is 2.29. The lowest BCUT2D eigenvalue weighted by Crippen LogP contribution is -2.49. The average Bonchev–Trinajstić information content (AvgIpc) is 2.47. The van der Waals surface area contributed by atoms with E-state index < -0.39 is 0 Å². The van der Waals surface area contributed by atoms with Gasteiger partial charge in [-0.2, -0.15) is 0 Å². The minimum atomic E-state index is 0.259. The molecule has 5 heteroatoms. The maximum absolute atomic E-state index is 11.6. The van der Waals surface area contributed by atoms with Gasteiger partial charge in [-0.25, -0.2) is 0 Å². The van der Waals surface area contributed by atoms with Crippen LogP contribution in [0.25, 0.3) is 0 Å². The van der Waals surface area contributed by atoms with Crippen LogP contribution in [0.15, 0.2) is 28.7 Å². The van der Waals surface area contributed by atoms with Gasteiger partial charge in [-0.15, -0.1) is 0 Å². The summed E-state index contributed by atoms with van der Waals surface area (Å²) in [4.78, 5) is 15.9. The van der Waals surface area contributed by atoms with E-state index in [0.717, 1.165) is 42.9 Å². The lowest BCUT2D eigenvalue weighted by Gasteiger charge is -2.34. The summed E-state index contributed by atoms with van der Waals surface area (Å²) in [5, 5.41) is 0. The Morgan fingerprint density at radius 2 is 2.05 bits per heavy atom. The molecule has 1 aliphatic heterocycles. The molecule has 0 radical (unpaired) electrons. The first kappa shape index (κ1) is 15.3. The van der Waals surface area contributed by atoms with Crippen LogP contribution in [0.2, 0.25) is 0 Å². The Bertz CT molecular complexity index is 445. The first-order chi connectivity index (χ1) is 9.69. The van der Waals surface area contributed by atoms with Gasteiger partial charge >= 0.3 is 0 Å². The van der Waals surface area contributed by atoms with E-state index in [1.54, 1.807) is 0 Å². The van der Waals surface area contributed by atoms with Gasteiger partial charge in [-0.3, -0.25) is 9.69 Å². The first-order valence-electron chi connectivity index (χ1n) is 7.07. The zero-order valence-corrected chi connectivity index (χ0v) is 13.4. The predicted octanol–water partition coefficient (Wildman–Crippen LogP) is 2.38. The van der Waals surface area contributed by atoms with Gasteiger partial charge in [-0.1, -0.05) is 28.9 Å². The van der Waals surface area contributed by atoms with E-state index in [0.29, 0.717) is 13.0 Å². The molecule has 0 aromatic heterocycles. The van der Waals surface area contributed by atoms with Crippen molar-refractivity contribution in [1.29, 1.82) is 0 Å². The third-order valence-corrected chi connectivity index (χ3v) is 3.99. The normalized spacial score (nSPS) is 16.2. The number of halogens is 1. The number of carbonyl (C=O) groups excluding carboxylic acids is 1. The second kappa shape index (κ2) is 7.64. The second-order valence-corrected chi connectivity index (χ2v) is 5.80. The molecule has 0 spiro atoms. The van der Waals surface area contributed by atoms with Crippen molar-refractivity contribution in [3.05, 3.63) is 28.7 Å². The first-order valence-corrected chi connectivity index (χ1v) is 7.87. The largest absolute Gasteiger partial charge is 0.492 e. The van der Waals surface area contributed by atoms with Crippen LogP contribution in [0, 0.1) is 0 Å². The molecular weight excluding hydrogens is 320 g/mol. The number of rotatable bonds is 5. The van der Waals surface area contributed by atoms with Crippen LogP contribution in [0.4, 0.5) is 0 Å². The summed E-state index contributed by atoms with van der Waals surface area (Å²) in [5.41, 5.74) is 0. The number of hydrogen-bond acceptors (Lipinski definition) is 3. The molecule has 20 heavy (non-hydrogen) atoms. The summed E-state index contributed by atoms with van der Waals surface area (Å²) in [7, 11) is 0. The summed E-state index contributed by atoms with van der Waals surface area (Å²) in [6.07, 6.45) is 0.603. The van der Waals surface area contributed by atoms with Crippen LogP contribution in [0.1, 0.15) is 13.3 Å². The molecule has 1 saturated heterocycles. The van der Waals surface area contributed by atoms with Gasteiger partial charge in [-0.05, 0) is 18.2 Å². The van der Waals surface area contributed by atoms with Gasteiger partial charge in [0.25, 0.3) is 0 Å². The summed E-state index contributed by atoms with van der Waals surface area (Å²) in [6.45, 7) is 7.05. The highest BCUT2D eigenvalue weighted by Crippen LogP contribution is 2.17. The molecule has 1 amide bonds. The van der Waals surface area contributed by atoms with Crippen LogP contribution >= 0.6 is 15.9 Å². The van der Waals surface area contributed by atoms with Crippen LogP contribution in [-0.2, 0) is 4.79 Å². The SMILES string of the molecule is CCC(=O)N1CCN(CCOc2cccc(Br)c2)CC1. The molecule has 1 fully saturated rings. The Hall–Kier alpha value is -1.07. The maximum atomic E-state index is 11.6. The summed E-state index contributed by atoms with van der Waals surface area (Å²) in [5.74, 6) is 1.15. The fourth-order valence-corrected chi connectivity index (χ4v) is 2.67. The van der Waals surface area contributed by atoms with Crippen molar-refractivity contribution in [1.82, 2.24) is 9.80 Å². The highest BCUT2D eigenvalue weighted by Gasteiger charge is 2.19. The van der Waals surface area contributed by atoms with Gasteiger partial charge in [0.1, 0.15) is 12.4 Å². The van der Waals surface area contributed by atoms with E-state index in [2.05, 4.69) is 20.8 Å². The van der Waals surface area contributed by atoms with E-state index in [-0.39, 0.29) is 5.91 Å². The molecule has 0 saturated carbocycles. The van der Waals surface area contributed by atoms with Crippen LogP contribution in [0.3, 0.4) is 0 Å². The van der Waals surface area contributed by atoms with E-state index >= 15 is 0 Å². The monoisotopic (exact) mass is 340 g/mol.